The lowest BCUT2D eigenvalue weighted by Gasteiger charge is -2.11. The van der Waals surface area contributed by atoms with Crippen LogP contribution in [0.2, 0.25) is 0 Å². The van der Waals surface area contributed by atoms with E-state index in [0.717, 1.165) is 32.2 Å². The average molecular weight is 199 g/mol. The number of aliphatic carboxylic acids is 1. The van der Waals surface area contributed by atoms with Crippen LogP contribution in [0.3, 0.4) is 0 Å². The molecule has 0 bridgehead atoms. The quantitative estimate of drug-likeness (QED) is 0.628. The van der Waals surface area contributed by atoms with Crippen molar-refractivity contribution in [2.75, 3.05) is 6.54 Å². The number of hydrogen-bond acceptors (Lipinski definition) is 2. The number of carboxylic acid groups (broad SMARTS) is 1. The van der Waals surface area contributed by atoms with Gasteiger partial charge in [0.25, 0.3) is 0 Å². The molecule has 82 valence electrons. The van der Waals surface area contributed by atoms with Crippen LogP contribution in [0.4, 0.5) is 0 Å². The second-order valence-corrected chi connectivity index (χ2v) is 4.19. The minimum absolute atomic E-state index is 0.138. The van der Waals surface area contributed by atoms with Gasteiger partial charge >= 0.3 is 5.97 Å². The van der Waals surface area contributed by atoms with Gasteiger partial charge in [-0.05, 0) is 32.2 Å². The molecule has 2 N–H and O–H groups in total. The molecule has 0 amide bonds. The van der Waals surface area contributed by atoms with Crippen LogP contribution in [0.25, 0.3) is 0 Å². The molecule has 0 aliphatic heterocycles. The molecule has 14 heavy (non-hydrogen) atoms. The fourth-order valence-electron chi connectivity index (χ4n) is 1.59. The topological polar surface area (TPSA) is 49.3 Å². The van der Waals surface area contributed by atoms with Crippen LogP contribution >= 0.6 is 0 Å². The molecule has 0 radical (unpaired) electrons. The Morgan fingerprint density at radius 3 is 2.71 bits per heavy atom. The first-order valence-corrected chi connectivity index (χ1v) is 5.70. The maximum Gasteiger partial charge on any atom is 0.306 e. The Kier molecular flexibility index (Phi) is 4.94. The molecule has 0 heterocycles. The third-order valence-corrected chi connectivity index (χ3v) is 2.76. The van der Waals surface area contributed by atoms with Gasteiger partial charge in [0.2, 0.25) is 0 Å². The first-order chi connectivity index (χ1) is 6.74. The molecule has 0 aromatic heterocycles. The van der Waals surface area contributed by atoms with Crippen LogP contribution in [-0.4, -0.2) is 23.7 Å². The van der Waals surface area contributed by atoms with Crippen LogP contribution in [0.1, 0.15) is 45.4 Å². The average Bonchev–Trinajstić information content (AvgIpc) is 2.94. The smallest absolute Gasteiger partial charge is 0.306 e. The van der Waals surface area contributed by atoms with Gasteiger partial charge in [0.15, 0.2) is 0 Å². The summed E-state index contributed by atoms with van der Waals surface area (Å²) in [5.41, 5.74) is 0. The van der Waals surface area contributed by atoms with Gasteiger partial charge in [0.05, 0.1) is 5.92 Å². The lowest BCUT2D eigenvalue weighted by molar-refractivity contribution is -0.142. The largest absolute Gasteiger partial charge is 0.481 e. The van der Waals surface area contributed by atoms with E-state index in [1.807, 2.05) is 0 Å². The number of rotatable bonds is 8. The second-order valence-electron chi connectivity index (χ2n) is 4.19. The van der Waals surface area contributed by atoms with Crippen LogP contribution in [0.15, 0.2) is 0 Å². The highest BCUT2D eigenvalue weighted by atomic mass is 16.4. The molecule has 1 aliphatic rings. The summed E-state index contributed by atoms with van der Waals surface area (Å²) in [7, 11) is 0. The molecule has 1 unspecified atom stereocenters. The fraction of sp³-hybridized carbons (Fsp3) is 0.909. The zero-order valence-corrected chi connectivity index (χ0v) is 8.96. The molecular weight excluding hydrogens is 178 g/mol. The first kappa shape index (κ1) is 11.5. The van der Waals surface area contributed by atoms with Gasteiger partial charge in [-0.3, -0.25) is 4.79 Å². The molecule has 1 rings (SSSR count). The Morgan fingerprint density at radius 2 is 2.21 bits per heavy atom. The van der Waals surface area contributed by atoms with Crippen LogP contribution in [0.5, 0.6) is 0 Å². The Morgan fingerprint density at radius 1 is 1.50 bits per heavy atom. The zero-order valence-electron chi connectivity index (χ0n) is 8.96. The number of carbonyl (C=O) groups is 1. The maximum atomic E-state index is 10.9. The van der Waals surface area contributed by atoms with Gasteiger partial charge in [-0.1, -0.05) is 19.8 Å². The summed E-state index contributed by atoms with van der Waals surface area (Å²) in [6.45, 7) is 2.96. The molecule has 0 aromatic rings. The predicted octanol–water partition coefficient (Wildman–Crippen LogP) is 2.02. The summed E-state index contributed by atoms with van der Waals surface area (Å²) in [5, 5.41) is 12.3. The maximum absolute atomic E-state index is 10.9. The normalized spacial score (nSPS) is 18.1. The van der Waals surface area contributed by atoms with Gasteiger partial charge in [-0.15, -0.1) is 0 Å². The van der Waals surface area contributed by atoms with E-state index in [-0.39, 0.29) is 5.92 Å². The van der Waals surface area contributed by atoms with Crippen molar-refractivity contribution in [1.29, 1.82) is 0 Å². The van der Waals surface area contributed by atoms with E-state index >= 15 is 0 Å². The summed E-state index contributed by atoms with van der Waals surface area (Å²) < 4.78 is 0. The molecule has 3 heteroatoms. The van der Waals surface area contributed by atoms with Gasteiger partial charge < -0.3 is 10.4 Å². The fourth-order valence-corrected chi connectivity index (χ4v) is 1.59. The monoisotopic (exact) mass is 199 g/mol. The Labute approximate surface area is 85.9 Å². The van der Waals surface area contributed by atoms with Crippen LogP contribution < -0.4 is 5.32 Å². The summed E-state index contributed by atoms with van der Waals surface area (Å²) in [4.78, 5) is 10.9. The van der Waals surface area contributed by atoms with Crippen molar-refractivity contribution in [2.24, 2.45) is 5.92 Å². The number of carboxylic acids is 1. The number of hydrogen-bond donors (Lipinski definition) is 2. The summed E-state index contributed by atoms with van der Waals surface area (Å²) in [5.74, 6) is -0.766. The highest BCUT2D eigenvalue weighted by Crippen LogP contribution is 2.19. The molecule has 0 aromatic carbocycles. The lowest BCUT2D eigenvalue weighted by Crippen LogP contribution is -2.23. The minimum Gasteiger partial charge on any atom is -0.481 e. The van der Waals surface area contributed by atoms with Gasteiger partial charge in [-0.2, -0.15) is 0 Å². The van der Waals surface area contributed by atoms with Gasteiger partial charge in [-0.25, -0.2) is 0 Å². The summed E-state index contributed by atoms with van der Waals surface area (Å²) in [6, 6.07) is 0.690. The third kappa shape index (κ3) is 4.61. The van der Waals surface area contributed by atoms with Crippen molar-refractivity contribution in [2.45, 2.75) is 51.5 Å². The predicted molar refractivity (Wildman–Crippen MR) is 56.3 cm³/mol. The molecule has 1 aliphatic carbocycles. The zero-order chi connectivity index (χ0) is 10.4. The first-order valence-electron chi connectivity index (χ1n) is 5.70. The standard InChI is InChI=1S/C11H21NO2/c1-2-3-4-9(11(13)14)7-8-12-10-5-6-10/h9-10,12H,2-8H2,1H3,(H,13,14). The van der Waals surface area contributed by atoms with Crippen molar-refractivity contribution in [3.63, 3.8) is 0 Å². The van der Waals surface area contributed by atoms with E-state index in [1.165, 1.54) is 12.8 Å². The Bertz CT molecular complexity index is 178. The number of unbranched alkanes of at least 4 members (excludes halogenated alkanes) is 1. The highest BCUT2D eigenvalue weighted by Gasteiger charge is 2.22. The van der Waals surface area contributed by atoms with Crippen LogP contribution in [0, 0.1) is 5.92 Å². The summed E-state index contributed by atoms with van der Waals surface area (Å²) in [6.07, 6.45) is 6.27. The third-order valence-electron chi connectivity index (χ3n) is 2.76. The molecular formula is C11H21NO2. The van der Waals surface area contributed by atoms with Crippen molar-refractivity contribution in [1.82, 2.24) is 5.32 Å². The minimum atomic E-state index is -0.629. The van der Waals surface area contributed by atoms with Gasteiger partial charge in [0.1, 0.15) is 0 Å². The lowest BCUT2D eigenvalue weighted by atomic mass is 9.99. The molecule has 3 nitrogen and oxygen atoms in total. The molecule has 1 atom stereocenters. The Balaban J connectivity index is 2.09. The van der Waals surface area contributed by atoms with Crippen LogP contribution in [-0.2, 0) is 4.79 Å². The highest BCUT2D eigenvalue weighted by molar-refractivity contribution is 5.69. The van der Waals surface area contributed by atoms with E-state index in [0.29, 0.717) is 6.04 Å². The molecule has 0 saturated heterocycles. The van der Waals surface area contributed by atoms with E-state index in [1.54, 1.807) is 0 Å². The second kappa shape index (κ2) is 6.02. The Hall–Kier alpha value is -0.570. The molecule has 1 fully saturated rings. The summed E-state index contributed by atoms with van der Waals surface area (Å²) >= 11 is 0. The SMILES string of the molecule is CCCCC(CCNC1CC1)C(=O)O. The van der Waals surface area contributed by atoms with Gasteiger partial charge in [0, 0.05) is 6.04 Å². The van der Waals surface area contributed by atoms with E-state index in [9.17, 15) is 4.79 Å². The van der Waals surface area contributed by atoms with Crippen molar-refractivity contribution in [3.05, 3.63) is 0 Å². The molecule has 0 spiro atoms. The van der Waals surface area contributed by atoms with E-state index in [2.05, 4.69) is 12.2 Å². The van der Waals surface area contributed by atoms with Crippen molar-refractivity contribution in [3.8, 4) is 0 Å². The van der Waals surface area contributed by atoms with E-state index < -0.39 is 5.97 Å². The number of nitrogens with one attached hydrogen (secondary N) is 1. The van der Waals surface area contributed by atoms with Crippen molar-refractivity contribution >= 4 is 5.97 Å². The van der Waals surface area contributed by atoms with E-state index in [4.69, 9.17) is 5.11 Å². The van der Waals surface area contributed by atoms with Crippen molar-refractivity contribution < 1.29 is 9.90 Å². The molecule has 1 saturated carbocycles.